The maximum Gasteiger partial charge on any atom is 0.0808 e. The van der Waals surface area contributed by atoms with Crippen molar-refractivity contribution in [1.82, 2.24) is 4.98 Å². The average Bonchev–Trinajstić information content (AvgIpc) is 2.70. The molecule has 1 aliphatic rings. The second-order valence-electron chi connectivity index (χ2n) is 4.54. The fourth-order valence-corrected chi connectivity index (χ4v) is 2.31. The molecule has 1 saturated heterocycles. The van der Waals surface area contributed by atoms with Crippen LogP contribution in [0.25, 0.3) is 0 Å². The van der Waals surface area contributed by atoms with E-state index in [1.54, 1.807) is 12.4 Å². The third-order valence-electron chi connectivity index (χ3n) is 3.33. The summed E-state index contributed by atoms with van der Waals surface area (Å²) in [6.45, 7) is 2.90. The van der Waals surface area contributed by atoms with Crippen LogP contribution in [-0.4, -0.2) is 23.2 Å². The normalized spacial score (nSPS) is 26.9. The Morgan fingerprint density at radius 1 is 1.69 bits per heavy atom. The Balaban J connectivity index is 2.07. The van der Waals surface area contributed by atoms with Crippen LogP contribution in [-0.2, 0) is 11.2 Å². The zero-order valence-corrected chi connectivity index (χ0v) is 10.2. The van der Waals surface area contributed by atoms with Crippen LogP contribution in [0.4, 0.5) is 0 Å². The molecular weight excluding hydrogens is 224 g/mol. The van der Waals surface area contributed by atoms with Gasteiger partial charge in [0.2, 0.25) is 0 Å². The van der Waals surface area contributed by atoms with Gasteiger partial charge in [0, 0.05) is 25.0 Å². The van der Waals surface area contributed by atoms with Crippen LogP contribution >= 0.6 is 11.6 Å². The van der Waals surface area contributed by atoms with E-state index < -0.39 is 0 Å². The van der Waals surface area contributed by atoms with Crippen LogP contribution < -0.4 is 5.73 Å². The molecule has 1 aliphatic heterocycles. The van der Waals surface area contributed by atoms with Crippen LogP contribution in [0, 0.1) is 0 Å². The van der Waals surface area contributed by atoms with Crippen molar-refractivity contribution < 1.29 is 4.74 Å². The summed E-state index contributed by atoms with van der Waals surface area (Å²) in [6.07, 6.45) is 6.25. The van der Waals surface area contributed by atoms with Gasteiger partial charge >= 0.3 is 0 Å². The van der Waals surface area contributed by atoms with Crippen molar-refractivity contribution in [2.45, 2.75) is 37.8 Å². The molecule has 0 spiro atoms. The summed E-state index contributed by atoms with van der Waals surface area (Å²) in [4.78, 5) is 3.96. The molecule has 0 aromatic carbocycles. The van der Waals surface area contributed by atoms with E-state index in [-0.39, 0.29) is 11.6 Å². The highest BCUT2D eigenvalue weighted by Gasteiger charge is 2.36. The molecule has 1 aromatic rings. The monoisotopic (exact) mass is 240 g/mol. The quantitative estimate of drug-likeness (QED) is 0.881. The summed E-state index contributed by atoms with van der Waals surface area (Å²) in [6, 6.07) is 1.90. The van der Waals surface area contributed by atoms with E-state index in [1.807, 2.05) is 6.07 Å². The Morgan fingerprint density at radius 3 is 3.12 bits per heavy atom. The molecule has 2 rings (SSSR count). The Kier molecular flexibility index (Phi) is 3.47. The van der Waals surface area contributed by atoms with Gasteiger partial charge in [-0.1, -0.05) is 11.6 Å². The van der Waals surface area contributed by atoms with Gasteiger partial charge in [-0.25, -0.2) is 0 Å². The van der Waals surface area contributed by atoms with Gasteiger partial charge in [0.15, 0.2) is 0 Å². The van der Waals surface area contributed by atoms with Gasteiger partial charge < -0.3 is 10.5 Å². The first-order chi connectivity index (χ1) is 7.62. The lowest BCUT2D eigenvalue weighted by molar-refractivity contribution is -0.000901. The summed E-state index contributed by atoms with van der Waals surface area (Å²) in [7, 11) is 0. The molecule has 0 amide bonds. The lowest BCUT2D eigenvalue weighted by Crippen LogP contribution is -2.46. The molecule has 3 nitrogen and oxygen atoms in total. The summed E-state index contributed by atoms with van der Waals surface area (Å²) in [5, 5.41) is 0.680. The molecule has 2 N–H and O–H groups in total. The van der Waals surface area contributed by atoms with Crippen molar-refractivity contribution in [3.63, 3.8) is 0 Å². The summed E-state index contributed by atoms with van der Waals surface area (Å²) < 4.78 is 5.73. The molecule has 16 heavy (non-hydrogen) atoms. The van der Waals surface area contributed by atoms with Crippen LogP contribution in [0.2, 0.25) is 5.02 Å². The third-order valence-corrected chi connectivity index (χ3v) is 3.67. The second-order valence-corrected chi connectivity index (χ2v) is 4.95. The van der Waals surface area contributed by atoms with Crippen molar-refractivity contribution in [3.05, 3.63) is 29.0 Å². The molecular formula is C12H17ClN2O. The van der Waals surface area contributed by atoms with Crippen molar-refractivity contribution in [2.24, 2.45) is 5.73 Å². The molecule has 4 heteroatoms. The van der Waals surface area contributed by atoms with Gasteiger partial charge in [0.05, 0.1) is 10.6 Å². The fourth-order valence-electron chi connectivity index (χ4n) is 2.12. The van der Waals surface area contributed by atoms with Crippen molar-refractivity contribution in [3.8, 4) is 0 Å². The maximum absolute atomic E-state index is 6.21. The van der Waals surface area contributed by atoms with Gasteiger partial charge in [-0.05, 0) is 37.8 Å². The molecule has 2 atom stereocenters. The van der Waals surface area contributed by atoms with Gasteiger partial charge in [-0.15, -0.1) is 0 Å². The SMILES string of the molecule is CC1(C(N)Cc2ccncc2Cl)CCCO1. The minimum absolute atomic E-state index is 0.0186. The van der Waals surface area contributed by atoms with Crippen molar-refractivity contribution in [2.75, 3.05) is 6.61 Å². The van der Waals surface area contributed by atoms with Crippen molar-refractivity contribution in [1.29, 1.82) is 0 Å². The Hall–Kier alpha value is -0.640. The number of nitrogens with two attached hydrogens (primary N) is 1. The summed E-state index contributed by atoms with van der Waals surface area (Å²) >= 11 is 6.06. The zero-order chi connectivity index (χ0) is 11.6. The van der Waals surface area contributed by atoms with Crippen molar-refractivity contribution >= 4 is 11.6 Å². The molecule has 0 aliphatic carbocycles. The minimum atomic E-state index is -0.202. The topological polar surface area (TPSA) is 48.1 Å². The van der Waals surface area contributed by atoms with Crippen LogP contribution in [0.1, 0.15) is 25.3 Å². The highest BCUT2D eigenvalue weighted by Crippen LogP contribution is 2.30. The summed E-state index contributed by atoms with van der Waals surface area (Å²) in [5.74, 6) is 0. The number of halogens is 1. The van der Waals surface area contributed by atoms with E-state index in [4.69, 9.17) is 22.1 Å². The highest BCUT2D eigenvalue weighted by molar-refractivity contribution is 6.31. The number of nitrogens with zero attached hydrogens (tertiary/aromatic N) is 1. The van der Waals surface area contributed by atoms with Gasteiger partial charge in [-0.3, -0.25) is 4.98 Å². The van der Waals surface area contributed by atoms with E-state index in [0.717, 1.165) is 31.4 Å². The zero-order valence-electron chi connectivity index (χ0n) is 9.45. The molecule has 0 bridgehead atoms. The van der Waals surface area contributed by atoms with E-state index >= 15 is 0 Å². The average molecular weight is 241 g/mol. The van der Waals surface area contributed by atoms with Crippen LogP contribution in [0.15, 0.2) is 18.5 Å². The first-order valence-electron chi connectivity index (χ1n) is 5.60. The van der Waals surface area contributed by atoms with E-state index in [9.17, 15) is 0 Å². The standard InChI is InChI=1S/C12H17ClN2O/c1-12(4-2-6-16-12)11(14)7-9-3-5-15-8-10(9)13/h3,5,8,11H,2,4,6-7,14H2,1H3. The number of hydrogen-bond donors (Lipinski definition) is 1. The smallest absolute Gasteiger partial charge is 0.0808 e. The molecule has 2 unspecified atom stereocenters. The lowest BCUT2D eigenvalue weighted by Gasteiger charge is -2.30. The van der Waals surface area contributed by atoms with E-state index in [2.05, 4.69) is 11.9 Å². The first-order valence-corrected chi connectivity index (χ1v) is 5.97. The predicted octanol–water partition coefficient (Wildman–Crippen LogP) is 2.17. The lowest BCUT2D eigenvalue weighted by atomic mass is 9.89. The Labute approximate surface area is 101 Å². The highest BCUT2D eigenvalue weighted by atomic mass is 35.5. The number of ether oxygens (including phenoxy) is 1. The molecule has 2 heterocycles. The predicted molar refractivity (Wildman–Crippen MR) is 64.5 cm³/mol. The molecule has 1 fully saturated rings. The van der Waals surface area contributed by atoms with E-state index in [0.29, 0.717) is 5.02 Å². The third kappa shape index (κ3) is 2.37. The first kappa shape index (κ1) is 11.8. The summed E-state index contributed by atoms with van der Waals surface area (Å²) in [5.41, 5.74) is 7.05. The van der Waals surface area contributed by atoms with E-state index in [1.165, 1.54) is 0 Å². The van der Waals surface area contributed by atoms with Crippen LogP contribution in [0.5, 0.6) is 0 Å². The number of rotatable bonds is 3. The molecule has 0 saturated carbocycles. The molecule has 0 radical (unpaired) electrons. The fraction of sp³-hybridized carbons (Fsp3) is 0.583. The Bertz CT molecular complexity index is 364. The van der Waals surface area contributed by atoms with Gasteiger partial charge in [0.1, 0.15) is 0 Å². The van der Waals surface area contributed by atoms with Gasteiger partial charge in [0.25, 0.3) is 0 Å². The molecule has 1 aromatic heterocycles. The minimum Gasteiger partial charge on any atom is -0.374 e. The number of hydrogen-bond acceptors (Lipinski definition) is 3. The number of pyridine rings is 1. The van der Waals surface area contributed by atoms with Crippen LogP contribution in [0.3, 0.4) is 0 Å². The molecule has 88 valence electrons. The Morgan fingerprint density at radius 2 is 2.50 bits per heavy atom. The second kappa shape index (κ2) is 4.70. The maximum atomic E-state index is 6.21. The van der Waals surface area contributed by atoms with Gasteiger partial charge in [-0.2, -0.15) is 0 Å². The largest absolute Gasteiger partial charge is 0.374 e. The number of aromatic nitrogens is 1.